The van der Waals surface area contributed by atoms with E-state index in [9.17, 15) is 29.1 Å². The molecule has 3 rings (SSSR count). The summed E-state index contributed by atoms with van der Waals surface area (Å²) in [6.45, 7) is 0.115. The number of nitrogens with zero attached hydrogens (tertiary/aromatic N) is 2. The van der Waals surface area contributed by atoms with Gasteiger partial charge in [0.15, 0.2) is 5.96 Å². The van der Waals surface area contributed by atoms with Gasteiger partial charge in [0.1, 0.15) is 18.1 Å². The summed E-state index contributed by atoms with van der Waals surface area (Å²) < 4.78 is 0. The fraction of sp³-hybridized carbons (Fsp3) is 0.370. The van der Waals surface area contributed by atoms with Gasteiger partial charge in [-0.15, -0.1) is 0 Å². The molecule has 4 unspecified atom stereocenters. The number of fused-ring (bicyclic) bond motifs is 1. The molecule has 236 valence electrons. The first-order chi connectivity index (χ1) is 20.9. The molecule has 14 N–H and O–H groups in total. The summed E-state index contributed by atoms with van der Waals surface area (Å²) in [4.78, 5) is 76.7. The van der Waals surface area contributed by atoms with Crippen molar-refractivity contribution in [2.75, 3.05) is 6.54 Å². The molecule has 0 spiro atoms. The molecule has 17 heteroatoms. The third-order valence-electron chi connectivity index (χ3n) is 6.66. The molecule has 0 saturated heterocycles. The minimum Gasteiger partial charge on any atom is -0.480 e. The van der Waals surface area contributed by atoms with Gasteiger partial charge in [-0.25, -0.2) is 9.78 Å². The van der Waals surface area contributed by atoms with Crippen LogP contribution in [0.1, 0.15) is 30.5 Å². The molecule has 0 aliphatic carbocycles. The number of nitrogens with one attached hydrogen (secondary N) is 5. The molecule has 4 atom stereocenters. The Labute approximate surface area is 251 Å². The molecular formula is C27H37N11O6. The number of carboxylic acid groups (broad SMARTS) is 1. The van der Waals surface area contributed by atoms with E-state index in [-0.39, 0.29) is 38.2 Å². The maximum absolute atomic E-state index is 13.7. The fourth-order valence-corrected chi connectivity index (χ4v) is 4.45. The van der Waals surface area contributed by atoms with Gasteiger partial charge in [-0.3, -0.25) is 24.2 Å². The summed E-state index contributed by atoms with van der Waals surface area (Å²) in [6, 6.07) is 2.25. The number of aromatic nitrogens is 3. The van der Waals surface area contributed by atoms with Crippen molar-refractivity contribution in [2.24, 2.45) is 27.9 Å². The highest BCUT2D eigenvalue weighted by molar-refractivity contribution is 5.95. The van der Waals surface area contributed by atoms with Gasteiger partial charge in [0.25, 0.3) is 0 Å². The molecule has 0 aliphatic rings. The Hall–Kier alpha value is -5.45. The number of aliphatic carboxylic acids is 1. The number of aliphatic imine (C=N–C) groups is 1. The zero-order chi connectivity index (χ0) is 32.2. The quantitative estimate of drug-likeness (QED) is 0.0433. The number of primary amides is 1. The van der Waals surface area contributed by atoms with Crippen molar-refractivity contribution in [1.82, 2.24) is 30.9 Å². The molecule has 0 fully saturated rings. The smallest absolute Gasteiger partial charge is 0.326 e. The second kappa shape index (κ2) is 15.7. The lowest BCUT2D eigenvalue weighted by molar-refractivity contribution is -0.143. The molecular weight excluding hydrogens is 574 g/mol. The molecule has 0 aliphatic heterocycles. The van der Waals surface area contributed by atoms with Crippen LogP contribution in [0.15, 0.2) is 48.0 Å². The van der Waals surface area contributed by atoms with Crippen LogP contribution in [-0.2, 0) is 36.8 Å². The van der Waals surface area contributed by atoms with Crippen LogP contribution in [0.4, 0.5) is 0 Å². The van der Waals surface area contributed by atoms with E-state index in [2.05, 4.69) is 35.9 Å². The Morgan fingerprint density at radius 1 is 0.909 bits per heavy atom. The molecule has 17 nitrogen and oxygen atoms in total. The first-order valence-corrected chi connectivity index (χ1v) is 13.7. The molecule has 0 bridgehead atoms. The Morgan fingerprint density at radius 2 is 1.59 bits per heavy atom. The summed E-state index contributed by atoms with van der Waals surface area (Å²) >= 11 is 0. The molecule has 3 aromatic rings. The van der Waals surface area contributed by atoms with E-state index < -0.39 is 60.2 Å². The van der Waals surface area contributed by atoms with E-state index >= 15 is 0 Å². The molecule has 4 amide bonds. The number of imidazole rings is 1. The van der Waals surface area contributed by atoms with E-state index in [1.54, 1.807) is 6.20 Å². The van der Waals surface area contributed by atoms with E-state index in [0.717, 1.165) is 10.9 Å². The number of amides is 4. The highest BCUT2D eigenvalue weighted by atomic mass is 16.4. The molecule has 0 saturated carbocycles. The van der Waals surface area contributed by atoms with Gasteiger partial charge in [0, 0.05) is 48.4 Å². The van der Waals surface area contributed by atoms with Crippen LogP contribution >= 0.6 is 0 Å². The Morgan fingerprint density at radius 3 is 2.25 bits per heavy atom. The van der Waals surface area contributed by atoms with E-state index in [4.69, 9.17) is 22.9 Å². The van der Waals surface area contributed by atoms with Crippen molar-refractivity contribution in [1.29, 1.82) is 0 Å². The predicted molar refractivity (Wildman–Crippen MR) is 159 cm³/mol. The number of para-hydroxylation sites is 1. The number of hydrogen-bond donors (Lipinski definition) is 10. The molecule has 2 aromatic heterocycles. The summed E-state index contributed by atoms with van der Waals surface area (Å²) in [5.74, 6) is -4.85. The standard InChI is InChI=1S/C27H37N11O6/c28-17(9-15-12-32-13-35-15)23(40)37-20(8-14-11-34-18-5-2-1-4-16(14)18)25(42)36-19(6-3-7-33-27(30)31)24(41)38-21(26(43)44)10-22(29)39/h1-2,4-5,11-13,17,19-21,34H,3,6-10,28H2,(H2,29,39)(H,32,35)(H,36,42)(H,37,40)(H,38,41)(H,43,44)(H4,30,31,33). The van der Waals surface area contributed by atoms with Gasteiger partial charge in [0.05, 0.1) is 18.8 Å². The van der Waals surface area contributed by atoms with Gasteiger partial charge in [-0.2, -0.15) is 0 Å². The van der Waals surface area contributed by atoms with Crippen molar-refractivity contribution < 1.29 is 29.1 Å². The highest BCUT2D eigenvalue weighted by Gasteiger charge is 2.31. The minimum atomic E-state index is -1.63. The first kappa shape index (κ1) is 33.1. The van der Waals surface area contributed by atoms with Gasteiger partial charge in [0.2, 0.25) is 23.6 Å². The number of rotatable bonds is 17. The second-order valence-corrected chi connectivity index (χ2v) is 10.1. The van der Waals surface area contributed by atoms with Crippen LogP contribution in [0, 0.1) is 0 Å². The summed E-state index contributed by atoms with van der Waals surface area (Å²) in [7, 11) is 0. The van der Waals surface area contributed by atoms with Crippen molar-refractivity contribution in [3.05, 3.63) is 54.2 Å². The predicted octanol–water partition coefficient (Wildman–Crippen LogP) is -2.53. The number of carboxylic acids is 1. The highest BCUT2D eigenvalue weighted by Crippen LogP contribution is 2.19. The molecule has 44 heavy (non-hydrogen) atoms. The van der Waals surface area contributed by atoms with Crippen molar-refractivity contribution >= 4 is 46.5 Å². The number of guanidine groups is 1. The molecule has 0 radical (unpaired) electrons. The number of H-pyrrole nitrogens is 2. The van der Waals surface area contributed by atoms with Gasteiger partial charge in [-0.05, 0) is 24.5 Å². The Bertz CT molecular complexity index is 1480. The lowest BCUT2D eigenvalue weighted by Crippen LogP contribution is -2.58. The third kappa shape index (κ3) is 9.83. The van der Waals surface area contributed by atoms with Crippen LogP contribution in [0.25, 0.3) is 10.9 Å². The van der Waals surface area contributed by atoms with Crippen molar-refractivity contribution in [3.8, 4) is 0 Å². The van der Waals surface area contributed by atoms with Crippen molar-refractivity contribution in [3.63, 3.8) is 0 Å². The monoisotopic (exact) mass is 611 g/mol. The van der Waals surface area contributed by atoms with Gasteiger partial charge in [-0.1, -0.05) is 18.2 Å². The van der Waals surface area contributed by atoms with Gasteiger partial charge >= 0.3 is 5.97 Å². The van der Waals surface area contributed by atoms with E-state index in [1.165, 1.54) is 12.5 Å². The molecule has 2 heterocycles. The number of aromatic amines is 2. The summed E-state index contributed by atoms with van der Waals surface area (Å²) in [6.07, 6.45) is 4.38. The average molecular weight is 612 g/mol. The first-order valence-electron chi connectivity index (χ1n) is 13.7. The number of hydrogen-bond acceptors (Lipinski definition) is 8. The van der Waals surface area contributed by atoms with Gasteiger partial charge < -0.3 is 54.0 Å². The van der Waals surface area contributed by atoms with Crippen LogP contribution in [0.3, 0.4) is 0 Å². The summed E-state index contributed by atoms with van der Waals surface area (Å²) in [5.41, 5.74) is 24.1. The molecule has 1 aromatic carbocycles. The third-order valence-corrected chi connectivity index (χ3v) is 6.66. The second-order valence-electron chi connectivity index (χ2n) is 10.1. The Balaban J connectivity index is 1.84. The Kier molecular flexibility index (Phi) is 11.8. The lowest BCUT2D eigenvalue weighted by Gasteiger charge is -2.25. The van der Waals surface area contributed by atoms with E-state index in [0.29, 0.717) is 11.3 Å². The average Bonchev–Trinajstić information content (AvgIpc) is 3.63. The van der Waals surface area contributed by atoms with Crippen LogP contribution in [-0.4, -0.2) is 86.3 Å². The number of benzene rings is 1. The maximum atomic E-state index is 13.7. The van der Waals surface area contributed by atoms with Crippen molar-refractivity contribution in [2.45, 2.75) is 56.3 Å². The van der Waals surface area contributed by atoms with Crippen LogP contribution < -0.4 is 38.9 Å². The maximum Gasteiger partial charge on any atom is 0.326 e. The van der Waals surface area contributed by atoms with Crippen LogP contribution in [0.5, 0.6) is 0 Å². The number of carbonyl (C=O) groups is 5. The largest absolute Gasteiger partial charge is 0.480 e. The fourth-order valence-electron chi connectivity index (χ4n) is 4.45. The van der Waals surface area contributed by atoms with E-state index in [1.807, 2.05) is 24.3 Å². The zero-order valence-corrected chi connectivity index (χ0v) is 23.8. The zero-order valence-electron chi connectivity index (χ0n) is 23.8. The topological polar surface area (TPSA) is 303 Å². The minimum absolute atomic E-state index is 0.00957. The van der Waals surface area contributed by atoms with Crippen LogP contribution in [0.2, 0.25) is 0 Å². The SMILES string of the molecule is NC(=O)CC(NC(=O)C(CCCN=C(N)N)NC(=O)C(Cc1c[nH]c2ccccc12)NC(=O)C(N)Cc1cnc[nH]1)C(=O)O. The number of carbonyl (C=O) groups excluding carboxylic acids is 4. The normalized spacial score (nSPS) is 13.7. The summed E-state index contributed by atoms with van der Waals surface area (Å²) in [5, 5.41) is 17.8. The number of nitrogens with two attached hydrogens (primary N) is 4. The lowest BCUT2D eigenvalue weighted by atomic mass is 10.0.